The lowest BCUT2D eigenvalue weighted by molar-refractivity contribution is -0.150. The number of hydrogen-bond donors (Lipinski definition) is 1. The number of hydrogen-bond acceptors (Lipinski definition) is 3. The van der Waals surface area contributed by atoms with Gasteiger partial charge in [0.05, 0.1) is 0 Å². The van der Waals surface area contributed by atoms with Gasteiger partial charge in [0.1, 0.15) is 6.10 Å². The fourth-order valence-corrected chi connectivity index (χ4v) is 5.01. The van der Waals surface area contributed by atoms with Gasteiger partial charge in [-0.25, -0.2) is 0 Å². The molecule has 45 heavy (non-hydrogen) atoms. The number of carbonyl (C=O) groups is 2. The Morgan fingerprint density at radius 2 is 0.933 bits per heavy atom. The summed E-state index contributed by atoms with van der Waals surface area (Å²) in [6.07, 6.45) is 50.5. The Bertz CT molecular complexity index is 846. The van der Waals surface area contributed by atoms with E-state index in [2.05, 4.69) is 86.8 Å². The van der Waals surface area contributed by atoms with Crippen LogP contribution in [0.5, 0.6) is 0 Å². The van der Waals surface area contributed by atoms with E-state index in [1.807, 2.05) is 0 Å². The minimum Gasteiger partial charge on any atom is -0.481 e. The van der Waals surface area contributed by atoms with Crippen molar-refractivity contribution in [2.45, 2.75) is 174 Å². The summed E-state index contributed by atoms with van der Waals surface area (Å²) < 4.78 is 5.85. The Labute approximate surface area is 277 Å². The molecule has 0 aliphatic heterocycles. The van der Waals surface area contributed by atoms with Gasteiger partial charge in [0.2, 0.25) is 0 Å². The summed E-state index contributed by atoms with van der Waals surface area (Å²) in [5.74, 6) is -0.855. The summed E-state index contributed by atoms with van der Waals surface area (Å²) in [4.78, 5) is 23.3. The van der Waals surface area contributed by atoms with Gasteiger partial charge >= 0.3 is 11.9 Å². The van der Waals surface area contributed by atoms with E-state index in [1.165, 1.54) is 51.4 Å². The van der Waals surface area contributed by atoms with Crippen molar-refractivity contribution in [3.8, 4) is 0 Å². The molecule has 0 rings (SSSR count). The second-order valence-corrected chi connectivity index (χ2v) is 12.0. The van der Waals surface area contributed by atoms with E-state index < -0.39 is 5.97 Å². The van der Waals surface area contributed by atoms with E-state index in [-0.39, 0.29) is 18.5 Å². The predicted molar refractivity (Wildman–Crippen MR) is 195 cm³/mol. The first-order chi connectivity index (χ1) is 22.1. The van der Waals surface area contributed by atoms with E-state index in [9.17, 15) is 9.59 Å². The lowest BCUT2D eigenvalue weighted by Gasteiger charge is -2.18. The SMILES string of the molecule is CC/C=C\C/C=C\C/C=C\C/C=C\C/C=C\C/C=C\CCCCC(=O)OC(CCCCCCCCCCC)CCCCC(=O)O. The predicted octanol–water partition coefficient (Wildman–Crippen LogP) is 12.7. The normalized spacial score (nSPS) is 13.1. The number of aliphatic carboxylic acids is 1. The third-order valence-corrected chi connectivity index (χ3v) is 7.69. The third-order valence-electron chi connectivity index (χ3n) is 7.69. The molecule has 1 N–H and O–H groups in total. The van der Waals surface area contributed by atoms with Gasteiger partial charge in [0, 0.05) is 12.8 Å². The molecule has 0 amide bonds. The van der Waals surface area contributed by atoms with E-state index >= 15 is 0 Å². The standard InChI is InChI=1S/C41H68O4/c1-3-5-7-9-11-13-14-15-16-17-18-19-20-21-22-23-24-26-28-30-32-38-41(44)45-39(36-33-34-37-40(42)43)35-31-29-27-25-12-10-8-6-4-2/h5,7,11,13,15-16,18-19,21-22,24,26,39H,3-4,6,8-10,12,14,17,20,23,25,27-38H2,1-2H3,(H,42,43)/b7-5-,13-11-,16-15-,19-18-,22-21-,26-24-. The molecule has 1 atom stereocenters. The fraction of sp³-hybridized carbons (Fsp3) is 0.659. The molecule has 0 aliphatic rings. The summed E-state index contributed by atoms with van der Waals surface area (Å²) in [7, 11) is 0. The topological polar surface area (TPSA) is 63.6 Å². The molecule has 0 bridgehead atoms. The van der Waals surface area contributed by atoms with Gasteiger partial charge in [-0.3, -0.25) is 9.59 Å². The molecule has 0 aliphatic carbocycles. The Morgan fingerprint density at radius 3 is 1.42 bits per heavy atom. The number of carbonyl (C=O) groups excluding carboxylic acids is 1. The van der Waals surface area contributed by atoms with Gasteiger partial charge in [-0.15, -0.1) is 0 Å². The number of carboxylic acid groups (broad SMARTS) is 1. The van der Waals surface area contributed by atoms with Crippen LogP contribution in [-0.4, -0.2) is 23.1 Å². The van der Waals surface area contributed by atoms with Crippen LogP contribution in [0.3, 0.4) is 0 Å². The molecule has 4 heteroatoms. The van der Waals surface area contributed by atoms with Gasteiger partial charge in [0.15, 0.2) is 0 Å². The van der Waals surface area contributed by atoms with Crippen LogP contribution in [0.2, 0.25) is 0 Å². The van der Waals surface area contributed by atoms with E-state index in [4.69, 9.17) is 9.84 Å². The van der Waals surface area contributed by atoms with Crippen molar-refractivity contribution >= 4 is 11.9 Å². The molecule has 0 saturated heterocycles. The van der Waals surface area contributed by atoms with Crippen LogP contribution in [0.1, 0.15) is 168 Å². The van der Waals surface area contributed by atoms with Crippen LogP contribution in [0.15, 0.2) is 72.9 Å². The molecule has 0 aromatic heterocycles. The molecule has 0 saturated carbocycles. The molecule has 0 heterocycles. The molecule has 4 nitrogen and oxygen atoms in total. The molecule has 0 fully saturated rings. The Balaban J connectivity index is 3.99. The molecule has 0 spiro atoms. The van der Waals surface area contributed by atoms with Gasteiger partial charge in [-0.05, 0) is 89.9 Å². The highest BCUT2D eigenvalue weighted by molar-refractivity contribution is 5.69. The van der Waals surface area contributed by atoms with Crippen molar-refractivity contribution in [2.75, 3.05) is 0 Å². The molecule has 0 radical (unpaired) electrons. The molecule has 0 aromatic rings. The lowest BCUT2D eigenvalue weighted by atomic mass is 10.0. The largest absolute Gasteiger partial charge is 0.481 e. The molecule has 1 unspecified atom stereocenters. The van der Waals surface area contributed by atoms with Gasteiger partial charge in [0.25, 0.3) is 0 Å². The average Bonchev–Trinajstić information content (AvgIpc) is 3.02. The number of ether oxygens (including phenoxy) is 1. The summed E-state index contributed by atoms with van der Waals surface area (Å²) in [5.41, 5.74) is 0. The minimum absolute atomic E-state index is 0.0702. The highest BCUT2D eigenvalue weighted by Gasteiger charge is 2.14. The highest BCUT2D eigenvalue weighted by Crippen LogP contribution is 2.18. The molecular weight excluding hydrogens is 556 g/mol. The summed E-state index contributed by atoms with van der Waals surface area (Å²) in [5, 5.41) is 8.91. The number of rotatable bonds is 32. The zero-order valence-electron chi connectivity index (χ0n) is 29.1. The lowest BCUT2D eigenvalue weighted by Crippen LogP contribution is -2.18. The summed E-state index contributed by atoms with van der Waals surface area (Å²) >= 11 is 0. The van der Waals surface area contributed by atoms with Crippen LogP contribution >= 0.6 is 0 Å². The maximum atomic E-state index is 12.5. The highest BCUT2D eigenvalue weighted by atomic mass is 16.5. The Kier molecular flexibility index (Phi) is 33.8. The van der Waals surface area contributed by atoms with Crippen molar-refractivity contribution < 1.29 is 19.4 Å². The maximum Gasteiger partial charge on any atom is 0.306 e. The van der Waals surface area contributed by atoms with Crippen molar-refractivity contribution in [3.05, 3.63) is 72.9 Å². The first-order valence-electron chi connectivity index (χ1n) is 18.4. The van der Waals surface area contributed by atoms with Gasteiger partial charge < -0.3 is 9.84 Å². The van der Waals surface area contributed by atoms with Crippen molar-refractivity contribution in [2.24, 2.45) is 0 Å². The molecular formula is C41H68O4. The second kappa shape index (κ2) is 35.9. The average molecular weight is 625 g/mol. The number of unbranched alkanes of at least 4 members (excludes halogenated alkanes) is 11. The van der Waals surface area contributed by atoms with E-state index in [1.54, 1.807) is 0 Å². The van der Waals surface area contributed by atoms with Crippen molar-refractivity contribution in [1.82, 2.24) is 0 Å². The van der Waals surface area contributed by atoms with Crippen LogP contribution < -0.4 is 0 Å². The monoisotopic (exact) mass is 625 g/mol. The number of esters is 1. The number of allylic oxidation sites excluding steroid dienone is 12. The van der Waals surface area contributed by atoms with Gasteiger partial charge in [-0.1, -0.05) is 138 Å². The summed E-state index contributed by atoms with van der Waals surface area (Å²) in [6.45, 7) is 4.40. The third kappa shape index (κ3) is 35.7. The molecule has 256 valence electrons. The first kappa shape index (κ1) is 42.4. The Morgan fingerprint density at radius 1 is 0.511 bits per heavy atom. The van der Waals surface area contributed by atoms with E-state index in [0.717, 1.165) is 83.5 Å². The van der Waals surface area contributed by atoms with Gasteiger partial charge in [-0.2, -0.15) is 0 Å². The summed E-state index contributed by atoms with van der Waals surface area (Å²) in [6, 6.07) is 0. The smallest absolute Gasteiger partial charge is 0.306 e. The fourth-order valence-electron chi connectivity index (χ4n) is 5.01. The Hall–Kier alpha value is -2.62. The van der Waals surface area contributed by atoms with Crippen LogP contribution in [0.4, 0.5) is 0 Å². The number of carboxylic acids is 1. The van der Waals surface area contributed by atoms with Crippen LogP contribution in [0.25, 0.3) is 0 Å². The maximum absolute atomic E-state index is 12.5. The van der Waals surface area contributed by atoms with Crippen LogP contribution in [0, 0.1) is 0 Å². The molecule has 0 aromatic carbocycles. The van der Waals surface area contributed by atoms with Crippen molar-refractivity contribution in [3.63, 3.8) is 0 Å². The zero-order valence-corrected chi connectivity index (χ0v) is 29.1. The quantitative estimate of drug-likeness (QED) is 0.0459. The first-order valence-corrected chi connectivity index (χ1v) is 18.4. The second-order valence-electron chi connectivity index (χ2n) is 12.0. The van der Waals surface area contributed by atoms with E-state index in [0.29, 0.717) is 12.8 Å². The van der Waals surface area contributed by atoms with Crippen LogP contribution in [-0.2, 0) is 14.3 Å². The van der Waals surface area contributed by atoms with Crippen molar-refractivity contribution in [1.29, 1.82) is 0 Å². The minimum atomic E-state index is -0.755. The zero-order chi connectivity index (χ0) is 32.9.